The highest BCUT2D eigenvalue weighted by Crippen LogP contribution is 2.15. The quantitative estimate of drug-likeness (QED) is 0.582. The van der Waals surface area contributed by atoms with Crippen molar-refractivity contribution in [1.82, 2.24) is 6.15 Å². The number of aromatic carboxylic acids is 2. The zero-order valence-electron chi connectivity index (χ0n) is 9.03. The molecule has 0 spiro atoms. The second-order valence-corrected chi connectivity index (χ2v) is 4.66. The minimum Gasteiger partial charge on any atom is -0.478 e. The van der Waals surface area contributed by atoms with E-state index in [9.17, 15) is 18.0 Å². The topological polar surface area (TPSA) is 164 Å². The maximum atomic E-state index is 10.8. The van der Waals surface area contributed by atoms with Gasteiger partial charge in [0.05, 0.1) is 11.1 Å². The lowest BCUT2D eigenvalue weighted by atomic mass is 10.1. The van der Waals surface area contributed by atoms with E-state index in [0.717, 1.165) is 18.2 Å². The second kappa shape index (κ2) is 5.58. The summed E-state index contributed by atoms with van der Waals surface area (Å²) in [5.74, 6) is -3.67. The number of hydrogen-bond acceptors (Lipinski definition) is 5. The van der Waals surface area contributed by atoms with Crippen LogP contribution < -0.4 is 6.15 Å². The summed E-state index contributed by atoms with van der Waals surface area (Å²) >= 11 is 0. The summed E-state index contributed by atoms with van der Waals surface area (Å²) in [5, 5.41) is 17.5. The Morgan fingerprint density at radius 3 is 2.06 bits per heavy atom. The highest BCUT2D eigenvalue weighted by atomic mass is 32.2. The van der Waals surface area contributed by atoms with Crippen LogP contribution in [0.15, 0.2) is 18.2 Å². The average molecular weight is 277 g/mol. The van der Waals surface area contributed by atoms with Gasteiger partial charge in [0.1, 0.15) is 5.75 Å². The molecule has 100 valence electrons. The highest BCUT2D eigenvalue weighted by molar-refractivity contribution is 7.85. The Balaban J connectivity index is 0.00000289. The van der Waals surface area contributed by atoms with Crippen LogP contribution in [0.3, 0.4) is 0 Å². The Bertz CT molecular complexity index is 579. The molecular weight excluding hydrogens is 266 g/mol. The molecule has 8 nitrogen and oxygen atoms in total. The number of hydrogen-bond donors (Lipinski definition) is 4. The molecule has 0 saturated carbocycles. The molecule has 1 aromatic rings. The fourth-order valence-electron chi connectivity index (χ4n) is 1.23. The maximum Gasteiger partial charge on any atom is 0.336 e. The molecule has 0 aromatic heterocycles. The van der Waals surface area contributed by atoms with Gasteiger partial charge in [-0.2, -0.15) is 8.42 Å². The first-order valence-corrected chi connectivity index (χ1v) is 5.86. The van der Waals surface area contributed by atoms with Crippen molar-refractivity contribution >= 4 is 22.1 Å². The molecule has 0 aliphatic carbocycles. The molecule has 1 rings (SSSR count). The van der Waals surface area contributed by atoms with Gasteiger partial charge in [0, 0.05) is 0 Å². The van der Waals surface area contributed by atoms with E-state index in [1.165, 1.54) is 0 Å². The minimum absolute atomic E-state index is 0. The van der Waals surface area contributed by atoms with E-state index < -0.39 is 33.4 Å². The summed E-state index contributed by atoms with van der Waals surface area (Å²) in [7, 11) is -4.38. The van der Waals surface area contributed by atoms with Crippen LogP contribution in [0.5, 0.6) is 0 Å². The molecular formula is C9H11NO7S. The number of benzene rings is 1. The summed E-state index contributed by atoms with van der Waals surface area (Å²) in [6.45, 7) is 0. The molecule has 0 amide bonds. The summed E-state index contributed by atoms with van der Waals surface area (Å²) < 4.78 is 29.9. The standard InChI is InChI=1S/C9H8O7S.H3N/c10-8(11)5-1-2-6(4-17(14,15)16)7(3-5)9(12)13;/h1-3H,4H2,(H,10,11)(H,12,13)(H,14,15,16);1H3. The first-order valence-electron chi connectivity index (χ1n) is 4.25. The summed E-state index contributed by atoms with van der Waals surface area (Å²) in [6, 6.07) is 2.95. The van der Waals surface area contributed by atoms with Crippen molar-refractivity contribution < 1.29 is 32.8 Å². The highest BCUT2D eigenvalue weighted by Gasteiger charge is 2.17. The molecule has 0 radical (unpaired) electrons. The second-order valence-electron chi connectivity index (χ2n) is 3.21. The molecule has 0 aliphatic heterocycles. The Morgan fingerprint density at radius 2 is 1.67 bits per heavy atom. The van der Waals surface area contributed by atoms with Crippen molar-refractivity contribution in [2.75, 3.05) is 0 Å². The first kappa shape index (κ1) is 16.0. The molecule has 0 saturated heterocycles. The van der Waals surface area contributed by atoms with Gasteiger partial charge in [0.25, 0.3) is 10.1 Å². The smallest absolute Gasteiger partial charge is 0.336 e. The third kappa shape index (κ3) is 4.13. The van der Waals surface area contributed by atoms with Crippen molar-refractivity contribution in [3.8, 4) is 0 Å². The van der Waals surface area contributed by atoms with Crippen LogP contribution in [0, 0.1) is 0 Å². The SMILES string of the molecule is N.O=C(O)c1ccc(CS(=O)(=O)O)c(C(=O)O)c1. The van der Waals surface area contributed by atoms with Gasteiger partial charge in [-0.15, -0.1) is 0 Å². The van der Waals surface area contributed by atoms with Gasteiger partial charge in [-0.1, -0.05) is 6.07 Å². The normalized spacial score (nSPS) is 10.5. The maximum absolute atomic E-state index is 10.8. The summed E-state index contributed by atoms with van der Waals surface area (Å²) in [4.78, 5) is 21.4. The molecule has 6 N–H and O–H groups in total. The molecule has 0 atom stereocenters. The predicted molar refractivity (Wildman–Crippen MR) is 60.6 cm³/mol. The summed E-state index contributed by atoms with van der Waals surface area (Å²) in [5.41, 5.74) is -0.922. The van der Waals surface area contributed by atoms with E-state index in [1.807, 2.05) is 0 Å². The molecule has 0 heterocycles. The predicted octanol–water partition coefficient (Wildman–Crippen LogP) is 0.633. The van der Waals surface area contributed by atoms with Crippen molar-refractivity contribution in [2.24, 2.45) is 0 Å². The zero-order valence-corrected chi connectivity index (χ0v) is 9.85. The van der Waals surface area contributed by atoms with Gasteiger partial charge in [0.15, 0.2) is 0 Å². The van der Waals surface area contributed by atoms with Crippen LogP contribution in [-0.2, 0) is 15.9 Å². The van der Waals surface area contributed by atoms with E-state index in [1.54, 1.807) is 0 Å². The monoisotopic (exact) mass is 277 g/mol. The molecule has 0 fully saturated rings. The van der Waals surface area contributed by atoms with E-state index in [4.69, 9.17) is 14.8 Å². The Kier molecular flexibility index (Phi) is 4.97. The molecule has 9 heteroatoms. The largest absolute Gasteiger partial charge is 0.478 e. The minimum atomic E-state index is -4.38. The van der Waals surface area contributed by atoms with Crippen molar-refractivity contribution in [2.45, 2.75) is 5.75 Å². The van der Waals surface area contributed by atoms with Gasteiger partial charge in [-0.05, 0) is 17.7 Å². The Morgan fingerprint density at radius 1 is 1.11 bits per heavy atom. The summed E-state index contributed by atoms with van der Waals surface area (Å²) in [6.07, 6.45) is 0. The van der Waals surface area contributed by atoms with Gasteiger partial charge < -0.3 is 16.4 Å². The van der Waals surface area contributed by atoms with Crippen LogP contribution in [0.25, 0.3) is 0 Å². The van der Waals surface area contributed by atoms with Crippen LogP contribution in [0.4, 0.5) is 0 Å². The van der Waals surface area contributed by atoms with Gasteiger partial charge >= 0.3 is 11.9 Å². The van der Waals surface area contributed by atoms with E-state index in [-0.39, 0.29) is 17.3 Å². The number of carboxylic acids is 2. The first-order chi connectivity index (χ1) is 7.70. The number of carboxylic acid groups (broad SMARTS) is 2. The van der Waals surface area contributed by atoms with Gasteiger partial charge in [-0.3, -0.25) is 4.55 Å². The van der Waals surface area contributed by atoms with E-state index >= 15 is 0 Å². The molecule has 18 heavy (non-hydrogen) atoms. The molecule has 0 bridgehead atoms. The lowest BCUT2D eigenvalue weighted by Gasteiger charge is -2.05. The van der Waals surface area contributed by atoms with E-state index in [2.05, 4.69) is 0 Å². The molecule has 1 aromatic carbocycles. The Hall–Kier alpha value is -1.97. The van der Waals surface area contributed by atoms with Gasteiger partial charge in [-0.25, -0.2) is 9.59 Å². The van der Waals surface area contributed by atoms with Crippen LogP contribution in [-0.4, -0.2) is 35.1 Å². The van der Waals surface area contributed by atoms with Crippen LogP contribution in [0.1, 0.15) is 26.3 Å². The molecule has 0 aliphatic rings. The van der Waals surface area contributed by atoms with Crippen LogP contribution in [0.2, 0.25) is 0 Å². The third-order valence-corrected chi connectivity index (χ3v) is 2.60. The van der Waals surface area contributed by atoms with Crippen LogP contribution >= 0.6 is 0 Å². The lowest BCUT2D eigenvalue weighted by Crippen LogP contribution is -2.10. The van der Waals surface area contributed by atoms with Crippen molar-refractivity contribution in [3.05, 3.63) is 34.9 Å². The number of rotatable bonds is 4. The fraction of sp³-hybridized carbons (Fsp3) is 0.111. The van der Waals surface area contributed by atoms with Crippen molar-refractivity contribution in [3.63, 3.8) is 0 Å². The lowest BCUT2D eigenvalue weighted by molar-refractivity contribution is 0.0695. The zero-order chi connectivity index (χ0) is 13.2. The van der Waals surface area contributed by atoms with Gasteiger partial charge in [0.2, 0.25) is 0 Å². The fourth-order valence-corrected chi connectivity index (χ4v) is 1.88. The molecule has 0 unspecified atom stereocenters. The number of carbonyl (C=O) groups is 2. The van der Waals surface area contributed by atoms with Crippen molar-refractivity contribution in [1.29, 1.82) is 0 Å². The van der Waals surface area contributed by atoms with E-state index in [0.29, 0.717) is 0 Å². The Labute approximate surface area is 102 Å². The average Bonchev–Trinajstić information content (AvgIpc) is 2.14. The third-order valence-electron chi connectivity index (χ3n) is 1.93.